The standard InChI is InChI=1S/C26H26FN5O2/c1-4-31(5-2)26(34)30-21-11-9-20(10-12-21)29-25(33)18-6-15-23-24(16-18)32(17(3)28-23)22-13-7-19(27)8-14-22/h6-16H,4-5H2,1-3H3,(H,29,33)(H,30,34). The van der Waals surface area contributed by atoms with E-state index in [1.54, 1.807) is 59.5 Å². The molecule has 34 heavy (non-hydrogen) atoms. The largest absolute Gasteiger partial charge is 0.325 e. The second-order valence-electron chi connectivity index (χ2n) is 7.81. The van der Waals surface area contributed by atoms with E-state index in [0.29, 0.717) is 30.0 Å². The van der Waals surface area contributed by atoms with Crippen LogP contribution >= 0.6 is 0 Å². The summed E-state index contributed by atoms with van der Waals surface area (Å²) in [7, 11) is 0. The molecule has 3 aromatic carbocycles. The first-order valence-electron chi connectivity index (χ1n) is 11.1. The number of urea groups is 1. The van der Waals surface area contributed by atoms with Crippen LogP contribution in [0.3, 0.4) is 0 Å². The van der Waals surface area contributed by atoms with Crippen molar-refractivity contribution in [3.63, 3.8) is 0 Å². The van der Waals surface area contributed by atoms with Crippen LogP contribution in [0.25, 0.3) is 16.7 Å². The van der Waals surface area contributed by atoms with Crippen LogP contribution in [0.5, 0.6) is 0 Å². The van der Waals surface area contributed by atoms with Crippen molar-refractivity contribution < 1.29 is 14.0 Å². The number of aryl methyl sites for hydroxylation is 1. The molecule has 0 aliphatic heterocycles. The van der Waals surface area contributed by atoms with Gasteiger partial charge in [-0.1, -0.05) is 0 Å². The summed E-state index contributed by atoms with van der Waals surface area (Å²) in [6.07, 6.45) is 0. The van der Waals surface area contributed by atoms with E-state index >= 15 is 0 Å². The molecule has 0 fully saturated rings. The molecule has 4 rings (SSSR count). The van der Waals surface area contributed by atoms with Crippen LogP contribution in [0.4, 0.5) is 20.6 Å². The van der Waals surface area contributed by atoms with Crippen LogP contribution in [0, 0.1) is 12.7 Å². The van der Waals surface area contributed by atoms with E-state index in [2.05, 4.69) is 15.6 Å². The summed E-state index contributed by atoms with van der Waals surface area (Å²) in [5.41, 5.74) is 3.98. The number of carbonyl (C=O) groups excluding carboxylic acids is 2. The van der Waals surface area contributed by atoms with Gasteiger partial charge in [0.25, 0.3) is 5.91 Å². The first-order chi connectivity index (χ1) is 16.4. The van der Waals surface area contributed by atoms with Gasteiger partial charge in [-0.2, -0.15) is 0 Å². The Balaban J connectivity index is 1.52. The van der Waals surface area contributed by atoms with Crippen LogP contribution in [0.2, 0.25) is 0 Å². The molecular formula is C26H26FN5O2. The average Bonchev–Trinajstić information content (AvgIpc) is 3.16. The highest BCUT2D eigenvalue weighted by atomic mass is 19.1. The lowest BCUT2D eigenvalue weighted by Crippen LogP contribution is -2.34. The lowest BCUT2D eigenvalue weighted by Gasteiger charge is -2.19. The Kier molecular flexibility index (Phi) is 6.58. The fourth-order valence-corrected chi connectivity index (χ4v) is 3.81. The zero-order valence-corrected chi connectivity index (χ0v) is 19.3. The van der Waals surface area contributed by atoms with Gasteiger partial charge in [0.15, 0.2) is 0 Å². The Labute approximate surface area is 197 Å². The van der Waals surface area contributed by atoms with Crippen LogP contribution in [-0.4, -0.2) is 39.5 Å². The minimum atomic E-state index is -0.315. The predicted octanol–water partition coefficient (Wildman–Crippen LogP) is 5.60. The van der Waals surface area contributed by atoms with Crippen molar-refractivity contribution in [1.82, 2.24) is 14.5 Å². The Morgan fingerprint density at radius 2 is 1.53 bits per heavy atom. The van der Waals surface area contributed by atoms with Crippen LogP contribution < -0.4 is 10.6 Å². The van der Waals surface area contributed by atoms with Crippen molar-refractivity contribution >= 4 is 34.3 Å². The van der Waals surface area contributed by atoms with E-state index in [1.165, 1.54) is 12.1 Å². The number of fused-ring (bicyclic) bond motifs is 1. The summed E-state index contributed by atoms with van der Waals surface area (Å²) in [5, 5.41) is 5.73. The van der Waals surface area contributed by atoms with Crippen molar-refractivity contribution in [2.75, 3.05) is 23.7 Å². The Bertz CT molecular complexity index is 1330. The molecule has 2 N–H and O–H groups in total. The molecule has 0 atom stereocenters. The number of anilines is 2. The van der Waals surface area contributed by atoms with Crippen LogP contribution in [0.1, 0.15) is 30.0 Å². The van der Waals surface area contributed by atoms with Crippen molar-refractivity contribution in [2.24, 2.45) is 0 Å². The number of hydrogen-bond donors (Lipinski definition) is 2. The lowest BCUT2D eigenvalue weighted by molar-refractivity contribution is 0.102. The first-order valence-corrected chi connectivity index (χ1v) is 11.1. The van der Waals surface area contributed by atoms with E-state index in [9.17, 15) is 14.0 Å². The van der Waals surface area contributed by atoms with Gasteiger partial charge in [0.05, 0.1) is 11.0 Å². The fraction of sp³-hybridized carbons (Fsp3) is 0.192. The normalized spacial score (nSPS) is 10.8. The minimum absolute atomic E-state index is 0.164. The number of aromatic nitrogens is 2. The van der Waals surface area contributed by atoms with Gasteiger partial charge in [-0.05, 0) is 87.5 Å². The SMILES string of the molecule is CCN(CC)C(=O)Nc1ccc(NC(=O)c2ccc3nc(C)n(-c4ccc(F)cc4)c3c2)cc1. The summed E-state index contributed by atoms with van der Waals surface area (Å²) >= 11 is 0. The lowest BCUT2D eigenvalue weighted by atomic mass is 10.1. The third-order valence-corrected chi connectivity index (χ3v) is 5.61. The fourth-order valence-electron chi connectivity index (χ4n) is 3.81. The first kappa shape index (κ1) is 23.0. The molecule has 7 nitrogen and oxygen atoms in total. The van der Waals surface area contributed by atoms with E-state index in [1.807, 2.05) is 25.3 Å². The maximum atomic E-state index is 13.4. The molecule has 0 aliphatic carbocycles. The van der Waals surface area contributed by atoms with E-state index < -0.39 is 0 Å². The number of rotatable bonds is 6. The molecule has 0 saturated heterocycles. The van der Waals surface area contributed by atoms with Gasteiger partial charge < -0.3 is 15.5 Å². The monoisotopic (exact) mass is 459 g/mol. The third-order valence-electron chi connectivity index (χ3n) is 5.61. The molecule has 0 unspecified atom stereocenters. The maximum absolute atomic E-state index is 13.4. The van der Waals surface area contributed by atoms with Crippen molar-refractivity contribution in [2.45, 2.75) is 20.8 Å². The molecule has 1 aromatic heterocycles. The average molecular weight is 460 g/mol. The molecule has 0 radical (unpaired) electrons. The highest BCUT2D eigenvalue weighted by molar-refractivity contribution is 6.06. The second-order valence-corrected chi connectivity index (χ2v) is 7.81. The molecule has 4 aromatic rings. The third kappa shape index (κ3) is 4.76. The number of carbonyl (C=O) groups is 2. The summed E-state index contributed by atoms with van der Waals surface area (Å²) in [6.45, 7) is 6.96. The number of nitrogens with zero attached hydrogens (tertiary/aromatic N) is 3. The van der Waals surface area contributed by atoms with E-state index in [0.717, 1.165) is 22.5 Å². The predicted molar refractivity (Wildman–Crippen MR) is 132 cm³/mol. The van der Waals surface area contributed by atoms with Crippen molar-refractivity contribution in [1.29, 1.82) is 0 Å². The highest BCUT2D eigenvalue weighted by Crippen LogP contribution is 2.23. The second kappa shape index (κ2) is 9.74. The van der Waals surface area contributed by atoms with Gasteiger partial charge in [-0.3, -0.25) is 9.36 Å². The molecule has 0 bridgehead atoms. The number of benzene rings is 3. The number of nitrogens with one attached hydrogen (secondary N) is 2. The zero-order valence-electron chi connectivity index (χ0n) is 19.3. The Hall–Kier alpha value is -4.20. The van der Waals surface area contributed by atoms with Gasteiger partial charge in [0, 0.05) is 35.7 Å². The highest BCUT2D eigenvalue weighted by Gasteiger charge is 2.14. The number of amides is 3. The van der Waals surface area contributed by atoms with Gasteiger partial charge >= 0.3 is 6.03 Å². The summed E-state index contributed by atoms with van der Waals surface area (Å²) in [6, 6.07) is 18.2. The molecule has 1 heterocycles. The van der Waals surface area contributed by atoms with E-state index in [4.69, 9.17) is 0 Å². The van der Waals surface area contributed by atoms with Crippen molar-refractivity contribution in [3.8, 4) is 5.69 Å². The van der Waals surface area contributed by atoms with Crippen LogP contribution in [0.15, 0.2) is 66.7 Å². The van der Waals surface area contributed by atoms with Gasteiger partial charge in [-0.15, -0.1) is 0 Å². The quantitative estimate of drug-likeness (QED) is 0.394. The molecular weight excluding hydrogens is 433 g/mol. The van der Waals surface area contributed by atoms with Crippen molar-refractivity contribution in [3.05, 3.63) is 83.9 Å². The zero-order chi connectivity index (χ0) is 24.2. The number of imidazole rings is 1. The van der Waals surface area contributed by atoms with Gasteiger partial charge in [0.2, 0.25) is 0 Å². The molecule has 3 amide bonds. The van der Waals surface area contributed by atoms with Crippen LogP contribution in [-0.2, 0) is 0 Å². The maximum Gasteiger partial charge on any atom is 0.321 e. The topological polar surface area (TPSA) is 79.3 Å². The summed E-state index contributed by atoms with van der Waals surface area (Å²) in [5.74, 6) is 0.150. The molecule has 0 aliphatic rings. The molecule has 8 heteroatoms. The minimum Gasteiger partial charge on any atom is -0.325 e. The number of hydrogen-bond acceptors (Lipinski definition) is 3. The summed E-state index contributed by atoms with van der Waals surface area (Å²) in [4.78, 5) is 31.4. The molecule has 0 spiro atoms. The number of halogens is 1. The van der Waals surface area contributed by atoms with Gasteiger partial charge in [-0.25, -0.2) is 14.2 Å². The molecule has 174 valence electrons. The smallest absolute Gasteiger partial charge is 0.321 e. The van der Waals surface area contributed by atoms with E-state index in [-0.39, 0.29) is 17.8 Å². The van der Waals surface area contributed by atoms with Gasteiger partial charge in [0.1, 0.15) is 11.6 Å². The Morgan fingerprint density at radius 3 is 2.15 bits per heavy atom. The summed E-state index contributed by atoms with van der Waals surface area (Å²) < 4.78 is 15.3. The Morgan fingerprint density at radius 1 is 0.912 bits per heavy atom. The molecule has 0 saturated carbocycles.